The predicted octanol–water partition coefficient (Wildman–Crippen LogP) is 0.124. The molecule has 0 bridgehead atoms. The highest BCUT2D eigenvalue weighted by Crippen LogP contribution is 2.14. The number of carbonyl (C=O) groups is 1. The normalized spacial score (nSPS) is 12.1. The quantitative estimate of drug-likeness (QED) is 0.621. The first-order valence-corrected chi connectivity index (χ1v) is 6.29. The molecule has 0 aliphatic heterocycles. The molecule has 1 aromatic heterocycles. The standard InChI is InChI=1S/C13H16N4O3/c1-2-8-3-5-9(6-4-8)10(7-18)14-12(19)11-15-13(20)17-16-11/h3-6,10,18H,2,7H2,1H3,(H,14,19)(H2,15,16,17,20). The lowest BCUT2D eigenvalue weighted by Gasteiger charge is -2.16. The molecule has 106 valence electrons. The third-order valence-electron chi connectivity index (χ3n) is 2.99. The number of aryl methyl sites for hydroxylation is 1. The van der Waals surface area contributed by atoms with Crippen LogP contribution in [0.5, 0.6) is 0 Å². The van der Waals surface area contributed by atoms with Crippen LogP contribution in [0.1, 0.15) is 34.7 Å². The summed E-state index contributed by atoms with van der Waals surface area (Å²) in [5, 5.41) is 17.6. The van der Waals surface area contributed by atoms with Crippen molar-refractivity contribution in [3.63, 3.8) is 0 Å². The van der Waals surface area contributed by atoms with E-state index in [1.54, 1.807) is 0 Å². The van der Waals surface area contributed by atoms with Crippen molar-refractivity contribution < 1.29 is 9.90 Å². The Morgan fingerprint density at radius 1 is 1.40 bits per heavy atom. The first-order chi connectivity index (χ1) is 9.63. The lowest BCUT2D eigenvalue weighted by molar-refractivity contribution is 0.0906. The van der Waals surface area contributed by atoms with Crippen LogP contribution in [0.3, 0.4) is 0 Å². The number of nitrogens with zero attached hydrogens (tertiary/aromatic N) is 1. The number of aromatic amines is 2. The molecule has 0 spiro atoms. The number of aliphatic hydroxyl groups is 1. The molecule has 1 unspecified atom stereocenters. The van der Waals surface area contributed by atoms with Crippen molar-refractivity contribution in [3.05, 3.63) is 51.7 Å². The van der Waals surface area contributed by atoms with Crippen molar-refractivity contribution in [2.24, 2.45) is 0 Å². The minimum Gasteiger partial charge on any atom is -0.394 e. The van der Waals surface area contributed by atoms with E-state index in [0.29, 0.717) is 0 Å². The minimum atomic E-state index is -0.554. The summed E-state index contributed by atoms with van der Waals surface area (Å²) in [5.74, 6) is -0.666. The molecule has 0 aliphatic carbocycles. The summed E-state index contributed by atoms with van der Waals surface area (Å²) < 4.78 is 0. The van der Waals surface area contributed by atoms with Gasteiger partial charge in [-0.3, -0.25) is 9.78 Å². The second-order valence-corrected chi connectivity index (χ2v) is 4.33. The van der Waals surface area contributed by atoms with Crippen molar-refractivity contribution in [2.75, 3.05) is 6.61 Å². The fourth-order valence-corrected chi connectivity index (χ4v) is 1.82. The summed E-state index contributed by atoms with van der Waals surface area (Å²) in [6, 6.07) is 7.05. The molecule has 0 aliphatic rings. The molecule has 7 nitrogen and oxygen atoms in total. The number of benzene rings is 1. The molecule has 1 aromatic carbocycles. The van der Waals surface area contributed by atoms with Gasteiger partial charge in [-0.05, 0) is 17.5 Å². The van der Waals surface area contributed by atoms with Crippen molar-refractivity contribution >= 4 is 5.91 Å². The zero-order chi connectivity index (χ0) is 14.5. The number of rotatable bonds is 5. The van der Waals surface area contributed by atoms with E-state index in [2.05, 4.69) is 20.5 Å². The average Bonchev–Trinajstić information content (AvgIpc) is 2.91. The monoisotopic (exact) mass is 276 g/mol. The molecule has 0 fully saturated rings. The number of amides is 1. The van der Waals surface area contributed by atoms with E-state index in [9.17, 15) is 14.7 Å². The van der Waals surface area contributed by atoms with E-state index in [4.69, 9.17) is 0 Å². The zero-order valence-corrected chi connectivity index (χ0v) is 11.0. The third kappa shape index (κ3) is 3.12. The van der Waals surface area contributed by atoms with Gasteiger partial charge >= 0.3 is 5.69 Å². The van der Waals surface area contributed by atoms with E-state index < -0.39 is 17.6 Å². The molecule has 1 heterocycles. The topological polar surface area (TPSA) is 111 Å². The van der Waals surface area contributed by atoms with E-state index >= 15 is 0 Å². The molecule has 1 atom stereocenters. The van der Waals surface area contributed by atoms with Gasteiger partial charge in [0.25, 0.3) is 5.91 Å². The van der Waals surface area contributed by atoms with Crippen LogP contribution in [-0.4, -0.2) is 32.8 Å². The van der Waals surface area contributed by atoms with Crippen LogP contribution < -0.4 is 11.0 Å². The molecule has 0 saturated heterocycles. The second kappa shape index (κ2) is 6.16. The lowest BCUT2D eigenvalue weighted by atomic mass is 10.0. The number of hydrogen-bond acceptors (Lipinski definition) is 4. The molecule has 2 aromatic rings. The SMILES string of the molecule is CCc1ccc(C(CO)NC(=O)c2n[nH]c(=O)[nH]2)cc1. The van der Waals surface area contributed by atoms with Gasteiger partial charge in [0, 0.05) is 0 Å². The molecular weight excluding hydrogens is 260 g/mol. The average molecular weight is 276 g/mol. The first-order valence-electron chi connectivity index (χ1n) is 6.29. The van der Waals surface area contributed by atoms with Gasteiger partial charge in [0.1, 0.15) is 0 Å². The molecule has 7 heteroatoms. The largest absolute Gasteiger partial charge is 0.394 e. The smallest absolute Gasteiger partial charge is 0.341 e. The Morgan fingerprint density at radius 2 is 2.10 bits per heavy atom. The van der Waals surface area contributed by atoms with Gasteiger partial charge < -0.3 is 10.4 Å². The number of nitrogens with one attached hydrogen (secondary N) is 3. The second-order valence-electron chi connectivity index (χ2n) is 4.33. The van der Waals surface area contributed by atoms with E-state index in [-0.39, 0.29) is 12.4 Å². The molecule has 4 N–H and O–H groups in total. The van der Waals surface area contributed by atoms with Crippen molar-refractivity contribution in [2.45, 2.75) is 19.4 Å². The van der Waals surface area contributed by atoms with Crippen LogP contribution in [0, 0.1) is 0 Å². The number of carbonyl (C=O) groups excluding carboxylic acids is 1. The van der Waals surface area contributed by atoms with Gasteiger partial charge in [0.05, 0.1) is 12.6 Å². The number of aromatic nitrogens is 3. The summed E-state index contributed by atoms with van der Waals surface area (Å²) in [4.78, 5) is 25.0. The Bertz CT molecular complexity index is 630. The fraction of sp³-hybridized carbons (Fsp3) is 0.308. The van der Waals surface area contributed by atoms with Gasteiger partial charge in [-0.25, -0.2) is 9.89 Å². The summed E-state index contributed by atoms with van der Waals surface area (Å²) in [5.41, 5.74) is 1.41. The van der Waals surface area contributed by atoms with Gasteiger partial charge in [0.15, 0.2) is 0 Å². The number of H-pyrrole nitrogens is 2. The van der Waals surface area contributed by atoms with Crippen LogP contribution in [0.15, 0.2) is 29.1 Å². The van der Waals surface area contributed by atoms with Crippen molar-refractivity contribution in [1.29, 1.82) is 0 Å². The Balaban J connectivity index is 2.11. The third-order valence-corrected chi connectivity index (χ3v) is 2.99. The van der Waals surface area contributed by atoms with Crippen LogP contribution in [0.25, 0.3) is 0 Å². The first kappa shape index (κ1) is 14.0. The fourth-order valence-electron chi connectivity index (χ4n) is 1.82. The van der Waals surface area contributed by atoms with Crippen LogP contribution in [-0.2, 0) is 6.42 Å². The molecule has 0 radical (unpaired) electrons. The zero-order valence-electron chi connectivity index (χ0n) is 11.0. The summed E-state index contributed by atoms with van der Waals surface area (Å²) in [6.07, 6.45) is 0.922. The maximum absolute atomic E-state index is 11.8. The number of hydrogen-bond donors (Lipinski definition) is 4. The Morgan fingerprint density at radius 3 is 2.60 bits per heavy atom. The highest BCUT2D eigenvalue weighted by atomic mass is 16.3. The van der Waals surface area contributed by atoms with Gasteiger partial charge in [0.2, 0.25) is 5.82 Å². The van der Waals surface area contributed by atoms with Crippen molar-refractivity contribution in [1.82, 2.24) is 20.5 Å². The summed E-state index contributed by atoms with van der Waals surface area (Å²) in [7, 11) is 0. The van der Waals surface area contributed by atoms with Crippen molar-refractivity contribution in [3.8, 4) is 0 Å². The highest BCUT2D eigenvalue weighted by Gasteiger charge is 2.17. The van der Waals surface area contributed by atoms with Crippen LogP contribution in [0.2, 0.25) is 0 Å². The van der Waals surface area contributed by atoms with Gasteiger partial charge in [-0.1, -0.05) is 31.2 Å². The molecule has 0 saturated carbocycles. The Kier molecular flexibility index (Phi) is 4.31. The Labute approximate surface area is 115 Å². The predicted molar refractivity (Wildman–Crippen MR) is 72.3 cm³/mol. The molecule has 2 rings (SSSR count). The maximum Gasteiger partial charge on any atom is 0.341 e. The highest BCUT2D eigenvalue weighted by molar-refractivity contribution is 5.90. The minimum absolute atomic E-state index is 0.112. The van der Waals surface area contributed by atoms with Gasteiger partial charge in [-0.15, -0.1) is 5.10 Å². The van der Waals surface area contributed by atoms with E-state index in [0.717, 1.165) is 12.0 Å². The molecule has 20 heavy (non-hydrogen) atoms. The Hall–Kier alpha value is -2.41. The maximum atomic E-state index is 11.8. The summed E-state index contributed by atoms with van der Waals surface area (Å²) >= 11 is 0. The van der Waals surface area contributed by atoms with Crippen LogP contribution in [0.4, 0.5) is 0 Å². The van der Waals surface area contributed by atoms with E-state index in [1.165, 1.54) is 5.56 Å². The molecule has 1 amide bonds. The summed E-state index contributed by atoms with van der Waals surface area (Å²) in [6.45, 7) is 1.81. The molecular formula is C13H16N4O3. The van der Waals surface area contributed by atoms with Crippen LogP contribution >= 0.6 is 0 Å². The number of aliphatic hydroxyl groups excluding tert-OH is 1. The lowest BCUT2D eigenvalue weighted by Crippen LogP contribution is -2.31. The van der Waals surface area contributed by atoms with Gasteiger partial charge in [-0.2, -0.15) is 0 Å². The van der Waals surface area contributed by atoms with E-state index in [1.807, 2.05) is 31.2 Å².